The van der Waals surface area contributed by atoms with Gasteiger partial charge in [0.05, 0.1) is 22.3 Å². The third kappa shape index (κ3) is 3.84. The van der Waals surface area contributed by atoms with Gasteiger partial charge < -0.3 is 20.1 Å². The molecule has 0 aliphatic carbocycles. The second-order valence-electron chi connectivity index (χ2n) is 5.27. The van der Waals surface area contributed by atoms with Crippen LogP contribution in [0.3, 0.4) is 0 Å². The van der Waals surface area contributed by atoms with Crippen LogP contribution in [0.4, 0.5) is 0 Å². The molecule has 0 unspecified atom stereocenters. The van der Waals surface area contributed by atoms with Crippen LogP contribution in [-0.4, -0.2) is 45.8 Å². The number of carboxylic acid groups (broad SMARTS) is 3. The first-order valence-electron chi connectivity index (χ1n) is 7.53. The summed E-state index contributed by atoms with van der Waals surface area (Å²) in [5, 5.41) is 28.3. The molecule has 0 aromatic heterocycles. The fourth-order valence-electron chi connectivity index (χ4n) is 2.55. The van der Waals surface area contributed by atoms with E-state index in [2.05, 4.69) is 6.58 Å². The Hall–Kier alpha value is -3.94. The molecule has 138 valence electrons. The Bertz CT molecular complexity index is 944. The molecule has 0 spiro atoms. The van der Waals surface area contributed by atoms with Crippen molar-refractivity contribution in [3.63, 3.8) is 0 Å². The maximum Gasteiger partial charge on any atom is 0.339 e. The van der Waals surface area contributed by atoms with E-state index in [4.69, 9.17) is 4.74 Å². The van der Waals surface area contributed by atoms with Crippen molar-refractivity contribution in [2.45, 2.75) is 0 Å². The van der Waals surface area contributed by atoms with Crippen molar-refractivity contribution in [3.05, 3.63) is 71.3 Å². The van der Waals surface area contributed by atoms with Crippen molar-refractivity contribution in [2.24, 2.45) is 0 Å². The lowest BCUT2D eigenvalue weighted by Gasteiger charge is -2.16. The van der Waals surface area contributed by atoms with Gasteiger partial charge in [-0.25, -0.2) is 19.2 Å². The molecule has 0 saturated heterocycles. The van der Waals surface area contributed by atoms with Crippen molar-refractivity contribution >= 4 is 23.9 Å². The molecule has 2 aromatic rings. The van der Waals surface area contributed by atoms with Crippen LogP contribution in [0.5, 0.6) is 0 Å². The van der Waals surface area contributed by atoms with Crippen LogP contribution >= 0.6 is 0 Å². The monoisotopic (exact) mass is 370 g/mol. The molecule has 0 radical (unpaired) electrons. The SMILES string of the molecule is C=CCOC(=O)c1c(-c2ccccc2)cc(C(=O)O)c(C(=O)O)c1C(=O)O. The molecule has 0 amide bonds. The molecule has 27 heavy (non-hydrogen) atoms. The van der Waals surface area contributed by atoms with Crippen LogP contribution in [0, 0.1) is 0 Å². The zero-order valence-electron chi connectivity index (χ0n) is 13.8. The number of rotatable bonds is 7. The highest BCUT2D eigenvalue weighted by atomic mass is 16.5. The summed E-state index contributed by atoms with van der Waals surface area (Å²) in [4.78, 5) is 47.4. The zero-order chi connectivity index (χ0) is 20.1. The van der Waals surface area contributed by atoms with Gasteiger partial charge in [-0.2, -0.15) is 0 Å². The first-order chi connectivity index (χ1) is 12.8. The minimum Gasteiger partial charge on any atom is -0.478 e. The average molecular weight is 370 g/mol. The van der Waals surface area contributed by atoms with E-state index in [9.17, 15) is 34.5 Å². The first-order valence-corrected chi connectivity index (χ1v) is 7.53. The number of aromatic carboxylic acids is 3. The van der Waals surface area contributed by atoms with E-state index in [0.717, 1.165) is 6.07 Å². The number of esters is 1. The lowest BCUT2D eigenvalue weighted by molar-refractivity contribution is 0.0534. The minimum absolute atomic E-state index is 0.0653. The van der Waals surface area contributed by atoms with Crippen LogP contribution in [0.25, 0.3) is 11.1 Å². The third-order valence-corrected chi connectivity index (χ3v) is 3.61. The number of benzene rings is 2. The van der Waals surface area contributed by atoms with Crippen molar-refractivity contribution in [2.75, 3.05) is 6.61 Å². The summed E-state index contributed by atoms with van der Waals surface area (Å²) in [7, 11) is 0. The van der Waals surface area contributed by atoms with Crippen LogP contribution in [-0.2, 0) is 4.74 Å². The molecule has 0 aliphatic rings. The maximum absolute atomic E-state index is 12.5. The predicted octanol–water partition coefficient (Wildman–Crippen LogP) is 2.79. The lowest BCUT2D eigenvalue weighted by atomic mass is 9.88. The Morgan fingerprint density at radius 1 is 0.889 bits per heavy atom. The summed E-state index contributed by atoms with van der Waals surface area (Å²) >= 11 is 0. The van der Waals surface area contributed by atoms with Crippen molar-refractivity contribution in [1.82, 2.24) is 0 Å². The molecule has 3 N–H and O–H groups in total. The minimum atomic E-state index is -1.79. The Kier molecular flexibility index (Phi) is 5.71. The van der Waals surface area contributed by atoms with Gasteiger partial charge >= 0.3 is 23.9 Å². The Balaban J connectivity index is 2.99. The molecule has 8 nitrogen and oxygen atoms in total. The van der Waals surface area contributed by atoms with E-state index in [1.165, 1.54) is 18.2 Å². The third-order valence-electron chi connectivity index (χ3n) is 3.61. The average Bonchev–Trinajstić information content (AvgIpc) is 2.64. The highest BCUT2D eigenvalue weighted by Gasteiger charge is 2.33. The van der Waals surface area contributed by atoms with Crippen molar-refractivity contribution in [3.8, 4) is 11.1 Å². The number of hydrogen-bond acceptors (Lipinski definition) is 5. The summed E-state index contributed by atoms with van der Waals surface area (Å²) in [5.41, 5.74) is -2.98. The maximum atomic E-state index is 12.5. The summed E-state index contributed by atoms with van der Waals surface area (Å²) in [6, 6.07) is 8.87. The number of hydrogen-bond donors (Lipinski definition) is 3. The van der Waals surface area contributed by atoms with Gasteiger partial charge in [0.1, 0.15) is 6.61 Å². The quantitative estimate of drug-likeness (QED) is 0.499. The summed E-state index contributed by atoms with van der Waals surface area (Å²) in [5.74, 6) is -6.30. The molecule has 0 aliphatic heterocycles. The van der Waals surface area contributed by atoms with Gasteiger partial charge in [-0.1, -0.05) is 43.0 Å². The first kappa shape index (κ1) is 19.4. The number of carboxylic acids is 3. The largest absolute Gasteiger partial charge is 0.478 e. The van der Waals surface area contributed by atoms with E-state index in [1.807, 2.05) is 0 Å². The smallest absolute Gasteiger partial charge is 0.339 e. The van der Waals surface area contributed by atoms with Gasteiger partial charge in [0.15, 0.2) is 0 Å². The molecule has 0 saturated carbocycles. The number of ether oxygens (including phenoxy) is 1. The van der Waals surface area contributed by atoms with Gasteiger partial charge in [0, 0.05) is 0 Å². The van der Waals surface area contributed by atoms with E-state index in [0.29, 0.717) is 5.56 Å². The molecule has 2 aromatic carbocycles. The Morgan fingerprint density at radius 3 is 1.96 bits per heavy atom. The summed E-state index contributed by atoms with van der Waals surface area (Å²) in [6.45, 7) is 3.14. The molecule has 2 rings (SSSR count). The number of carbonyl (C=O) groups is 4. The van der Waals surface area contributed by atoms with Crippen LogP contribution in [0.15, 0.2) is 49.1 Å². The highest BCUT2D eigenvalue weighted by Crippen LogP contribution is 2.32. The molecular weight excluding hydrogens is 356 g/mol. The summed E-state index contributed by atoms with van der Waals surface area (Å²) < 4.78 is 4.90. The Morgan fingerprint density at radius 2 is 1.48 bits per heavy atom. The molecule has 0 heterocycles. The van der Waals surface area contributed by atoms with Gasteiger partial charge in [-0.05, 0) is 17.2 Å². The van der Waals surface area contributed by atoms with Crippen LogP contribution in [0.1, 0.15) is 41.4 Å². The second-order valence-corrected chi connectivity index (χ2v) is 5.27. The topological polar surface area (TPSA) is 138 Å². The van der Waals surface area contributed by atoms with E-state index in [-0.39, 0.29) is 12.2 Å². The summed E-state index contributed by atoms with van der Waals surface area (Å²) in [6.07, 6.45) is 1.25. The molecule has 0 atom stereocenters. The van der Waals surface area contributed by atoms with Gasteiger partial charge in [-0.3, -0.25) is 0 Å². The molecular formula is C19H14O8. The highest BCUT2D eigenvalue weighted by molar-refractivity contribution is 6.17. The molecule has 0 fully saturated rings. The van der Waals surface area contributed by atoms with Gasteiger partial charge in [-0.15, -0.1) is 0 Å². The number of carbonyl (C=O) groups excluding carboxylic acids is 1. The molecule has 0 bridgehead atoms. The van der Waals surface area contributed by atoms with E-state index >= 15 is 0 Å². The predicted molar refractivity (Wildman–Crippen MR) is 93.2 cm³/mol. The van der Waals surface area contributed by atoms with E-state index < -0.39 is 46.1 Å². The van der Waals surface area contributed by atoms with E-state index in [1.54, 1.807) is 18.2 Å². The normalized spacial score (nSPS) is 10.1. The second kappa shape index (κ2) is 7.96. The fourth-order valence-corrected chi connectivity index (χ4v) is 2.55. The van der Waals surface area contributed by atoms with Crippen molar-refractivity contribution < 1.29 is 39.2 Å². The van der Waals surface area contributed by atoms with Crippen LogP contribution in [0.2, 0.25) is 0 Å². The fraction of sp³-hybridized carbons (Fsp3) is 0.0526. The van der Waals surface area contributed by atoms with Gasteiger partial charge in [0.25, 0.3) is 0 Å². The van der Waals surface area contributed by atoms with Crippen LogP contribution < -0.4 is 0 Å². The Labute approximate surface area is 152 Å². The zero-order valence-corrected chi connectivity index (χ0v) is 13.8. The standard InChI is InChI=1S/C19H14O8/c1-2-8-27-19(26)14-11(10-6-4-3-5-7-10)9-12(16(20)21)13(17(22)23)15(14)18(24)25/h2-7,9H,1,8H2,(H,20,21)(H,22,23)(H,24,25). The molecule has 8 heteroatoms. The van der Waals surface area contributed by atoms with Gasteiger partial charge in [0.2, 0.25) is 0 Å². The van der Waals surface area contributed by atoms with Crippen molar-refractivity contribution in [1.29, 1.82) is 0 Å². The lowest BCUT2D eigenvalue weighted by Crippen LogP contribution is -2.21.